The second kappa shape index (κ2) is 8.96. The highest BCUT2D eigenvalue weighted by Crippen LogP contribution is 2.21. The fourth-order valence-corrected chi connectivity index (χ4v) is 4.15. The zero-order chi connectivity index (χ0) is 19.2. The van der Waals surface area contributed by atoms with Crippen molar-refractivity contribution in [1.29, 1.82) is 0 Å². The summed E-state index contributed by atoms with van der Waals surface area (Å²) >= 11 is 0. The third-order valence-electron chi connectivity index (χ3n) is 3.94. The van der Waals surface area contributed by atoms with Gasteiger partial charge in [0.15, 0.2) is 0 Å². The molecule has 0 saturated heterocycles. The number of aryl methyl sites for hydroxylation is 1. The van der Waals surface area contributed by atoms with Crippen LogP contribution in [0.4, 0.5) is 0 Å². The van der Waals surface area contributed by atoms with Gasteiger partial charge < -0.3 is 10.4 Å². The van der Waals surface area contributed by atoms with Crippen LogP contribution in [0.15, 0.2) is 23.1 Å². The van der Waals surface area contributed by atoms with Crippen molar-refractivity contribution in [3.8, 4) is 0 Å². The van der Waals surface area contributed by atoms with Crippen molar-refractivity contribution in [1.82, 2.24) is 9.62 Å². The standard InChI is InChI=1S/C17H26N2O5S/c1-5-19(6-2)25(23,24)15-11-14(9-7-12(15)3)17(22)18-13(4)8-10-16(20)21/h7,9,11,13H,5-6,8,10H2,1-4H3,(H,18,22)(H,20,21). The summed E-state index contributed by atoms with van der Waals surface area (Å²) in [6, 6.07) is 4.22. The van der Waals surface area contributed by atoms with E-state index in [1.165, 1.54) is 10.4 Å². The van der Waals surface area contributed by atoms with Crippen LogP contribution in [0.25, 0.3) is 0 Å². The quantitative estimate of drug-likeness (QED) is 0.692. The van der Waals surface area contributed by atoms with Crippen LogP contribution in [0.2, 0.25) is 0 Å². The third-order valence-corrected chi connectivity index (χ3v) is 6.13. The second-order valence-electron chi connectivity index (χ2n) is 5.88. The van der Waals surface area contributed by atoms with E-state index in [2.05, 4.69) is 5.32 Å². The van der Waals surface area contributed by atoms with Gasteiger partial charge in [-0.15, -0.1) is 0 Å². The number of hydrogen-bond acceptors (Lipinski definition) is 4. The minimum absolute atomic E-state index is 0.0447. The van der Waals surface area contributed by atoms with Crippen LogP contribution in [-0.4, -0.2) is 48.8 Å². The summed E-state index contributed by atoms with van der Waals surface area (Å²) in [5.41, 5.74) is 0.806. The van der Waals surface area contributed by atoms with Crippen LogP contribution in [0.3, 0.4) is 0 Å². The number of aliphatic carboxylic acids is 1. The van der Waals surface area contributed by atoms with Crippen LogP contribution >= 0.6 is 0 Å². The van der Waals surface area contributed by atoms with Gasteiger partial charge in [0.05, 0.1) is 4.90 Å². The Morgan fingerprint density at radius 2 is 1.84 bits per heavy atom. The molecule has 1 aromatic rings. The summed E-state index contributed by atoms with van der Waals surface area (Å²) in [6.07, 6.45) is 0.258. The molecule has 0 aromatic heterocycles. The molecule has 0 aliphatic carbocycles. The minimum Gasteiger partial charge on any atom is -0.481 e. The molecule has 0 radical (unpaired) electrons. The molecule has 0 saturated carbocycles. The van der Waals surface area contributed by atoms with Crippen molar-refractivity contribution >= 4 is 21.9 Å². The lowest BCUT2D eigenvalue weighted by Crippen LogP contribution is -2.34. The van der Waals surface area contributed by atoms with Crippen molar-refractivity contribution in [3.63, 3.8) is 0 Å². The van der Waals surface area contributed by atoms with Crippen molar-refractivity contribution in [2.24, 2.45) is 0 Å². The first-order valence-corrected chi connectivity index (χ1v) is 9.70. The van der Waals surface area contributed by atoms with Crippen molar-refractivity contribution in [2.75, 3.05) is 13.1 Å². The fourth-order valence-electron chi connectivity index (χ4n) is 2.44. The van der Waals surface area contributed by atoms with Crippen LogP contribution < -0.4 is 5.32 Å². The van der Waals surface area contributed by atoms with Crippen LogP contribution in [0, 0.1) is 6.92 Å². The van der Waals surface area contributed by atoms with Gasteiger partial charge in [0.2, 0.25) is 10.0 Å². The van der Waals surface area contributed by atoms with Gasteiger partial charge in [-0.25, -0.2) is 8.42 Å². The predicted molar refractivity (Wildman–Crippen MR) is 95.1 cm³/mol. The Hall–Kier alpha value is -1.93. The van der Waals surface area contributed by atoms with E-state index in [4.69, 9.17) is 5.11 Å². The zero-order valence-corrected chi connectivity index (χ0v) is 15.9. The number of carbonyl (C=O) groups is 2. The Labute approximate surface area is 149 Å². The van der Waals surface area contributed by atoms with Gasteiger partial charge in [0, 0.05) is 31.1 Å². The van der Waals surface area contributed by atoms with E-state index < -0.39 is 21.9 Å². The van der Waals surface area contributed by atoms with E-state index in [9.17, 15) is 18.0 Å². The summed E-state index contributed by atoms with van der Waals surface area (Å²) in [6.45, 7) is 7.62. The average Bonchev–Trinajstić information content (AvgIpc) is 2.53. The van der Waals surface area contributed by atoms with Crippen molar-refractivity contribution < 1.29 is 23.1 Å². The lowest BCUT2D eigenvalue weighted by molar-refractivity contribution is -0.137. The topological polar surface area (TPSA) is 104 Å². The number of hydrogen-bond donors (Lipinski definition) is 2. The first kappa shape index (κ1) is 21.1. The first-order valence-electron chi connectivity index (χ1n) is 8.26. The number of carboxylic acids is 1. The van der Waals surface area contributed by atoms with E-state index in [1.54, 1.807) is 39.8 Å². The molecule has 140 valence electrons. The molecule has 1 rings (SSSR count). The molecule has 25 heavy (non-hydrogen) atoms. The van der Waals surface area contributed by atoms with Gasteiger partial charge in [-0.3, -0.25) is 9.59 Å². The van der Waals surface area contributed by atoms with Gasteiger partial charge in [-0.1, -0.05) is 19.9 Å². The molecule has 0 heterocycles. The zero-order valence-electron chi connectivity index (χ0n) is 15.1. The molecule has 0 bridgehead atoms. The largest absolute Gasteiger partial charge is 0.481 e. The van der Waals surface area contributed by atoms with Gasteiger partial charge in [-0.05, 0) is 38.0 Å². The Kier molecular flexibility index (Phi) is 7.57. The minimum atomic E-state index is -3.66. The molecule has 2 N–H and O–H groups in total. The normalized spacial score (nSPS) is 12.8. The Morgan fingerprint density at radius 3 is 2.36 bits per heavy atom. The van der Waals surface area contributed by atoms with E-state index >= 15 is 0 Å². The highest BCUT2D eigenvalue weighted by molar-refractivity contribution is 7.89. The van der Waals surface area contributed by atoms with Gasteiger partial charge in [-0.2, -0.15) is 4.31 Å². The number of carboxylic acid groups (broad SMARTS) is 1. The molecule has 1 aromatic carbocycles. The predicted octanol–water partition coefficient (Wildman–Crippen LogP) is 2.01. The van der Waals surface area contributed by atoms with Crippen LogP contribution in [0.1, 0.15) is 49.5 Å². The molecule has 1 atom stereocenters. The molecular formula is C17H26N2O5S. The van der Waals surface area contributed by atoms with Crippen LogP contribution in [-0.2, 0) is 14.8 Å². The first-order chi connectivity index (χ1) is 11.6. The number of amides is 1. The Morgan fingerprint density at radius 1 is 1.24 bits per heavy atom. The fraction of sp³-hybridized carbons (Fsp3) is 0.529. The highest BCUT2D eigenvalue weighted by Gasteiger charge is 2.25. The number of nitrogens with zero attached hydrogens (tertiary/aromatic N) is 1. The van der Waals surface area contributed by atoms with Crippen molar-refractivity contribution in [3.05, 3.63) is 29.3 Å². The average molecular weight is 370 g/mol. The van der Waals surface area contributed by atoms with Gasteiger partial charge >= 0.3 is 5.97 Å². The van der Waals surface area contributed by atoms with E-state index in [1.807, 2.05) is 0 Å². The smallest absolute Gasteiger partial charge is 0.303 e. The summed E-state index contributed by atoms with van der Waals surface area (Å²) in [4.78, 5) is 23.0. The Bertz CT molecular complexity index is 727. The van der Waals surface area contributed by atoms with Gasteiger partial charge in [0.25, 0.3) is 5.91 Å². The number of sulfonamides is 1. The van der Waals surface area contributed by atoms with Gasteiger partial charge in [0.1, 0.15) is 0 Å². The van der Waals surface area contributed by atoms with Crippen LogP contribution in [0.5, 0.6) is 0 Å². The number of nitrogens with one attached hydrogen (secondary N) is 1. The van der Waals surface area contributed by atoms with E-state index in [0.29, 0.717) is 25.1 Å². The van der Waals surface area contributed by atoms with Crippen molar-refractivity contribution in [2.45, 2.75) is 51.5 Å². The molecule has 0 aliphatic rings. The third kappa shape index (κ3) is 5.54. The second-order valence-corrected chi connectivity index (χ2v) is 7.78. The summed E-state index contributed by atoms with van der Waals surface area (Å²) in [5.74, 6) is -1.35. The molecule has 0 spiro atoms. The van der Waals surface area contributed by atoms with E-state index in [0.717, 1.165) is 0 Å². The lowest BCUT2D eigenvalue weighted by Gasteiger charge is -2.20. The summed E-state index contributed by atoms with van der Waals surface area (Å²) < 4.78 is 26.8. The highest BCUT2D eigenvalue weighted by atomic mass is 32.2. The van der Waals surface area contributed by atoms with E-state index in [-0.39, 0.29) is 22.9 Å². The number of rotatable bonds is 9. The SMILES string of the molecule is CCN(CC)S(=O)(=O)c1cc(C(=O)NC(C)CCC(=O)O)ccc1C. The number of carbonyl (C=O) groups excluding carboxylic acids is 1. The summed E-state index contributed by atoms with van der Waals surface area (Å²) in [7, 11) is -3.66. The number of benzene rings is 1. The molecule has 0 aliphatic heterocycles. The summed E-state index contributed by atoms with van der Waals surface area (Å²) in [5, 5.41) is 11.4. The maximum absolute atomic E-state index is 12.7. The maximum atomic E-state index is 12.7. The Balaban J connectivity index is 3.05. The molecule has 1 unspecified atom stereocenters. The monoisotopic (exact) mass is 370 g/mol. The molecule has 1 amide bonds. The maximum Gasteiger partial charge on any atom is 0.303 e. The molecule has 8 heteroatoms. The molecular weight excluding hydrogens is 344 g/mol. The lowest BCUT2D eigenvalue weighted by atomic mass is 10.1. The molecule has 7 nitrogen and oxygen atoms in total. The molecule has 0 fully saturated rings.